The van der Waals surface area contributed by atoms with Crippen molar-refractivity contribution in [1.82, 2.24) is 0 Å². The first kappa shape index (κ1) is 21.6. The monoisotopic (exact) mass is 322 g/mol. The molecule has 1 N–H and O–H groups in total. The second-order valence-corrected chi connectivity index (χ2v) is 5.75. The van der Waals surface area contributed by atoms with Gasteiger partial charge in [0.2, 0.25) is 0 Å². The summed E-state index contributed by atoms with van der Waals surface area (Å²) in [5.74, 6) is -0.519. The molecule has 0 fully saturated rings. The van der Waals surface area contributed by atoms with E-state index in [0.717, 1.165) is 25.7 Å². The Morgan fingerprint density at radius 2 is 1.57 bits per heavy atom. The van der Waals surface area contributed by atoms with E-state index >= 15 is 0 Å². The number of rotatable bonds is 14. The SMILES string of the molecule is CC=CCC=CC=CCCCCCCCCCC(O)C(=O)OC. The van der Waals surface area contributed by atoms with Crippen LogP contribution in [0.1, 0.15) is 71.1 Å². The van der Waals surface area contributed by atoms with Crippen LogP contribution in [-0.4, -0.2) is 24.3 Å². The number of aliphatic hydroxyl groups excluding tert-OH is 1. The van der Waals surface area contributed by atoms with E-state index in [9.17, 15) is 9.90 Å². The number of carbonyl (C=O) groups is 1. The molecule has 0 aliphatic carbocycles. The van der Waals surface area contributed by atoms with E-state index in [1.54, 1.807) is 0 Å². The quantitative estimate of drug-likeness (QED) is 0.209. The zero-order chi connectivity index (χ0) is 17.2. The summed E-state index contributed by atoms with van der Waals surface area (Å²) < 4.78 is 4.49. The van der Waals surface area contributed by atoms with Gasteiger partial charge in [-0.1, -0.05) is 75.0 Å². The molecule has 0 aromatic rings. The number of hydrogen-bond acceptors (Lipinski definition) is 3. The molecule has 0 aromatic heterocycles. The Balaban J connectivity index is 3.29. The normalized spacial score (nSPS) is 13.3. The lowest BCUT2D eigenvalue weighted by Crippen LogP contribution is -2.21. The summed E-state index contributed by atoms with van der Waals surface area (Å²) in [6, 6.07) is 0. The summed E-state index contributed by atoms with van der Waals surface area (Å²) in [6.45, 7) is 2.04. The number of carbonyl (C=O) groups excluding carboxylic acids is 1. The first-order valence-electron chi connectivity index (χ1n) is 8.91. The average molecular weight is 322 g/mol. The molecule has 0 radical (unpaired) electrons. The van der Waals surface area contributed by atoms with Gasteiger partial charge in [-0.05, 0) is 32.6 Å². The number of aliphatic hydroxyl groups is 1. The lowest BCUT2D eigenvalue weighted by atomic mass is 10.1. The van der Waals surface area contributed by atoms with Crippen LogP contribution in [0.2, 0.25) is 0 Å². The van der Waals surface area contributed by atoms with Crippen LogP contribution < -0.4 is 0 Å². The summed E-state index contributed by atoms with van der Waals surface area (Å²) in [7, 11) is 1.31. The minimum absolute atomic E-state index is 0.513. The molecule has 1 atom stereocenters. The highest BCUT2D eigenvalue weighted by Crippen LogP contribution is 2.11. The first-order valence-corrected chi connectivity index (χ1v) is 8.91. The molecule has 3 heteroatoms. The third kappa shape index (κ3) is 15.3. The van der Waals surface area contributed by atoms with Crippen molar-refractivity contribution >= 4 is 5.97 Å². The Bertz CT molecular complexity index is 356. The van der Waals surface area contributed by atoms with Crippen LogP contribution in [0.15, 0.2) is 36.5 Å². The summed E-state index contributed by atoms with van der Waals surface area (Å²) in [4.78, 5) is 11.0. The van der Waals surface area contributed by atoms with Crippen LogP contribution in [0, 0.1) is 0 Å². The molecule has 0 aliphatic rings. The van der Waals surface area contributed by atoms with Crippen molar-refractivity contribution in [3.8, 4) is 0 Å². The molecule has 0 bridgehead atoms. The van der Waals surface area contributed by atoms with Gasteiger partial charge in [0.1, 0.15) is 0 Å². The fourth-order valence-electron chi connectivity index (χ4n) is 2.28. The van der Waals surface area contributed by atoms with E-state index in [1.807, 2.05) is 6.92 Å². The summed E-state index contributed by atoms with van der Waals surface area (Å²) in [5, 5.41) is 9.43. The van der Waals surface area contributed by atoms with Crippen molar-refractivity contribution in [3.63, 3.8) is 0 Å². The molecule has 1 unspecified atom stereocenters. The predicted octanol–water partition coefficient (Wildman–Crippen LogP) is 5.11. The number of hydrogen-bond donors (Lipinski definition) is 1. The van der Waals surface area contributed by atoms with E-state index in [0.29, 0.717) is 6.42 Å². The molecule has 0 heterocycles. The Hall–Kier alpha value is -1.35. The highest BCUT2D eigenvalue weighted by Gasteiger charge is 2.13. The van der Waals surface area contributed by atoms with Crippen LogP contribution in [0.4, 0.5) is 0 Å². The predicted molar refractivity (Wildman–Crippen MR) is 97.3 cm³/mol. The lowest BCUT2D eigenvalue weighted by molar-refractivity contribution is -0.150. The summed E-state index contributed by atoms with van der Waals surface area (Å²) >= 11 is 0. The van der Waals surface area contributed by atoms with Crippen LogP contribution in [0.25, 0.3) is 0 Å². The molecular weight excluding hydrogens is 288 g/mol. The van der Waals surface area contributed by atoms with Gasteiger partial charge in [-0.3, -0.25) is 0 Å². The molecular formula is C20H34O3. The maximum absolute atomic E-state index is 11.0. The van der Waals surface area contributed by atoms with Crippen molar-refractivity contribution in [2.45, 2.75) is 77.2 Å². The van der Waals surface area contributed by atoms with Gasteiger partial charge in [0.25, 0.3) is 0 Å². The molecule has 0 aliphatic heterocycles. The van der Waals surface area contributed by atoms with Gasteiger partial charge in [-0.2, -0.15) is 0 Å². The molecule has 0 amide bonds. The number of ether oxygens (including phenoxy) is 1. The van der Waals surface area contributed by atoms with Gasteiger partial charge < -0.3 is 9.84 Å². The molecule has 0 saturated carbocycles. The molecule has 0 saturated heterocycles. The van der Waals surface area contributed by atoms with E-state index in [1.165, 1.54) is 39.2 Å². The Kier molecular flexibility index (Phi) is 16.0. The van der Waals surface area contributed by atoms with Crippen LogP contribution in [-0.2, 0) is 9.53 Å². The topological polar surface area (TPSA) is 46.5 Å². The molecule has 0 aromatic carbocycles. The van der Waals surface area contributed by atoms with Gasteiger partial charge >= 0.3 is 5.97 Å². The third-order valence-electron chi connectivity index (χ3n) is 3.71. The van der Waals surface area contributed by atoms with E-state index in [-0.39, 0.29) is 0 Å². The zero-order valence-corrected chi connectivity index (χ0v) is 14.9. The van der Waals surface area contributed by atoms with Crippen molar-refractivity contribution < 1.29 is 14.6 Å². The van der Waals surface area contributed by atoms with Crippen LogP contribution in [0.5, 0.6) is 0 Å². The minimum atomic E-state index is -0.946. The fraction of sp³-hybridized carbons (Fsp3) is 0.650. The Labute approximate surface area is 142 Å². The third-order valence-corrected chi connectivity index (χ3v) is 3.71. The number of methoxy groups -OCH3 is 1. The molecule has 132 valence electrons. The fourth-order valence-corrected chi connectivity index (χ4v) is 2.28. The van der Waals surface area contributed by atoms with E-state index < -0.39 is 12.1 Å². The second kappa shape index (κ2) is 17.0. The number of esters is 1. The minimum Gasteiger partial charge on any atom is -0.467 e. The van der Waals surface area contributed by atoms with Gasteiger partial charge in [0.05, 0.1) is 7.11 Å². The van der Waals surface area contributed by atoms with Crippen molar-refractivity contribution in [2.24, 2.45) is 0 Å². The van der Waals surface area contributed by atoms with Crippen LogP contribution >= 0.6 is 0 Å². The summed E-state index contributed by atoms with van der Waals surface area (Å²) in [5.41, 5.74) is 0. The second-order valence-electron chi connectivity index (χ2n) is 5.75. The maximum Gasteiger partial charge on any atom is 0.334 e. The van der Waals surface area contributed by atoms with Crippen molar-refractivity contribution in [1.29, 1.82) is 0 Å². The standard InChI is InChI=1S/C20H34O3/c1-3-4-5-6-7-8-9-10-11-12-13-14-15-16-17-18-19(21)20(22)23-2/h3-4,6-9,19,21H,5,10-18H2,1-2H3. The Morgan fingerprint density at radius 3 is 2.22 bits per heavy atom. The van der Waals surface area contributed by atoms with E-state index in [2.05, 4.69) is 41.2 Å². The summed E-state index contributed by atoms with van der Waals surface area (Å²) in [6.07, 6.45) is 22.8. The average Bonchev–Trinajstić information content (AvgIpc) is 2.57. The smallest absolute Gasteiger partial charge is 0.334 e. The van der Waals surface area contributed by atoms with Gasteiger partial charge in [0.15, 0.2) is 6.10 Å². The largest absolute Gasteiger partial charge is 0.467 e. The Morgan fingerprint density at radius 1 is 0.957 bits per heavy atom. The molecule has 0 spiro atoms. The van der Waals surface area contributed by atoms with Gasteiger partial charge in [-0.25, -0.2) is 4.79 Å². The highest BCUT2D eigenvalue weighted by molar-refractivity contribution is 5.74. The van der Waals surface area contributed by atoms with Gasteiger partial charge in [0, 0.05) is 0 Å². The van der Waals surface area contributed by atoms with Crippen molar-refractivity contribution in [2.75, 3.05) is 7.11 Å². The molecule has 0 rings (SSSR count). The number of unbranched alkanes of at least 4 members (excludes halogenated alkanes) is 7. The van der Waals surface area contributed by atoms with Gasteiger partial charge in [-0.15, -0.1) is 0 Å². The highest BCUT2D eigenvalue weighted by atomic mass is 16.5. The van der Waals surface area contributed by atoms with E-state index in [4.69, 9.17) is 0 Å². The number of allylic oxidation sites excluding steroid dienone is 6. The first-order chi connectivity index (χ1) is 11.2. The lowest BCUT2D eigenvalue weighted by Gasteiger charge is -2.07. The van der Waals surface area contributed by atoms with Crippen molar-refractivity contribution in [3.05, 3.63) is 36.5 Å². The molecule has 3 nitrogen and oxygen atoms in total. The van der Waals surface area contributed by atoms with Crippen LogP contribution in [0.3, 0.4) is 0 Å². The zero-order valence-electron chi connectivity index (χ0n) is 14.9. The maximum atomic E-state index is 11.0. The molecule has 23 heavy (non-hydrogen) atoms.